The van der Waals surface area contributed by atoms with E-state index in [0.29, 0.717) is 6.54 Å². The summed E-state index contributed by atoms with van der Waals surface area (Å²) in [6.45, 7) is 4.18. The van der Waals surface area contributed by atoms with Gasteiger partial charge in [-0.2, -0.15) is 13.2 Å². The SMILES string of the molecule is Cc1ccsc1CCNC(C)CC(F)(F)F. The van der Waals surface area contributed by atoms with E-state index in [1.807, 2.05) is 18.4 Å². The van der Waals surface area contributed by atoms with Crippen LogP contribution < -0.4 is 5.32 Å². The summed E-state index contributed by atoms with van der Waals surface area (Å²) in [6.07, 6.45) is -4.05. The topological polar surface area (TPSA) is 12.0 Å². The maximum Gasteiger partial charge on any atom is 0.390 e. The zero-order valence-corrected chi connectivity index (χ0v) is 10.2. The number of rotatable bonds is 5. The highest BCUT2D eigenvalue weighted by molar-refractivity contribution is 7.10. The van der Waals surface area contributed by atoms with E-state index in [-0.39, 0.29) is 0 Å². The van der Waals surface area contributed by atoms with Crippen LogP contribution in [0.5, 0.6) is 0 Å². The monoisotopic (exact) mass is 251 g/mol. The molecule has 1 aromatic heterocycles. The Morgan fingerprint density at radius 2 is 2.12 bits per heavy atom. The lowest BCUT2D eigenvalue weighted by molar-refractivity contribution is -0.138. The first-order valence-electron chi connectivity index (χ1n) is 5.21. The summed E-state index contributed by atoms with van der Waals surface area (Å²) >= 11 is 1.65. The van der Waals surface area contributed by atoms with Gasteiger partial charge in [0.2, 0.25) is 0 Å². The first kappa shape index (κ1) is 13.5. The van der Waals surface area contributed by atoms with E-state index in [9.17, 15) is 13.2 Å². The fraction of sp³-hybridized carbons (Fsp3) is 0.636. The Labute approximate surface area is 97.7 Å². The molecule has 0 saturated heterocycles. The Hall–Kier alpha value is -0.550. The van der Waals surface area contributed by atoms with E-state index >= 15 is 0 Å². The second kappa shape index (κ2) is 5.68. The molecule has 1 atom stereocenters. The van der Waals surface area contributed by atoms with E-state index < -0.39 is 18.6 Å². The van der Waals surface area contributed by atoms with Gasteiger partial charge in [-0.3, -0.25) is 0 Å². The molecule has 0 bridgehead atoms. The molecule has 0 aromatic carbocycles. The molecule has 0 spiro atoms. The van der Waals surface area contributed by atoms with Gasteiger partial charge in [0, 0.05) is 17.5 Å². The van der Waals surface area contributed by atoms with Crippen LogP contribution in [0.3, 0.4) is 0 Å². The van der Waals surface area contributed by atoms with Crippen LogP contribution in [0.15, 0.2) is 11.4 Å². The smallest absolute Gasteiger partial charge is 0.314 e. The minimum absolute atomic E-state index is 0.514. The van der Waals surface area contributed by atoms with Gasteiger partial charge in [0.05, 0.1) is 6.42 Å². The van der Waals surface area contributed by atoms with Crippen LogP contribution in [0, 0.1) is 6.92 Å². The number of aryl methyl sites for hydroxylation is 1. The maximum atomic E-state index is 12.0. The lowest BCUT2D eigenvalue weighted by Gasteiger charge is -2.15. The van der Waals surface area contributed by atoms with E-state index in [4.69, 9.17) is 0 Å². The molecule has 1 unspecified atom stereocenters. The van der Waals surface area contributed by atoms with E-state index in [2.05, 4.69) is 5.32 Å². The van der Waals surface area contributed by atoms with Gasteiger partial charge in [0.1, 0.15) is 0 Å². The van der Waals surface area contributed by atoms with Crippen molar-refractivity contribution in [2.75, 3.05) is 6.54 Å². The zero-order valence-electron chi connectivity index (χ0n) is 9.40. The summed E-state index contributed by atoms with van der Waals surface area (Å²) in [6, 6.07) is 1.51. The second-order valence-corrected chi connectivity index (χ2v) is 4.95. The lowest BCUT2D eigenvalue weighted by atomic mass is 10.2. The molecule has 0 saturated carbocycles. The molecule has 0 fully saturated rings. The third-order valence-electron chi connectivity index (χ3n) is 2.35. The fourth-order valence-electron chi connectivity index (χ4n) is 1.51. The summed E-state index contributed by atoms with van der Waals surface area (Å²) in [5, 5.41) is 4.90. The van der Waals surface area contributed by atoms with E-state index in [1.165, 1.54) is 10.4 Å². The predicted molar refractivity (Wildman–Crippen MR) is 60.9 cm³/mol. The molecule has 16 heavy (non-hydrogen) atoms. The van der Waals surface area contributed by atoms with Crippen molar-refractivity contribution in [2.45, 2.75) is 38.9 Å². The van der Waals surface area contributed by atoms with Crippen LogP contribution in [0.2, 0.25) is 0 Å². The average Bonchev–Trinajstić information content (AvgIpc) is 2.48. The van der Waals surface area contributed by atoms with Crippen molar-refractivity contribution in [3.8, 4) is 0 Å². The zero-order chi connectivity index (χ0) is 12.2. The summed E-state index contributed by atoms with van der Waals surface area (Å²) < 4.78 is 36.1. The minimum Gasteiger partial charge on any atom is -0.314 e. The molecule has 0 aliphatic rings. The standard InChI is InChI=1S/C11H16F3NS/c1-8-4-6-16-10(8)3-5-15-9(2)7-11(12,13)14/h4,6,9,15H,3,5,7H2,1-2H3. The second-order valence-electron chi connectivity index (χ2n) is 3.95. The molecular weight excluding hydrogens is 235 g/mol. The number of nitrogens with one attached hydrogen (secondary N) is 1. The lowest BCUT2D eigenvalue weighted by Crippen LogP contribution is -2.32. The fourth-order valence-corrected chi connectivity index (χ4v) is 2.42. The molecule has 1 N–H and O–H groups in total. The number of halogens is 3. The number of hydrogen-bond donors (Lipinski definition) is 1. The van der Waals surface area contributed by atoms with Crippen LogP contribution in [0.25, 0.3) is 0 Å². The Bertz CT molecular complexity index is 319. The van der Waals surface area contributed by atoms with Gasteiger partial charge in [0.25, 0.3) is 0 Å². The van der Waals surface area contributed by atoms with Crippen LogP contribution in [-0.2, 0) is 6.42 Å². The van der Waals surface area contributed by atoms with Gasteiger partial charge < -0.3 is 5.32 Å². The van der Waals surface area contributed by atoms with Gasteiger partial charge in [-0.1, -0.05) is 0 Å². The van der Waals surface area contributed by atoms with Crippen LogP contribution in [0.1, 0.15) is 23.8 Å². The van der Waals surface area contributed by atoms with Crippen LogP contribution in [0.4, 0.5) is 13.2 Å². The van der Waals surface area contributed by atoms with Crippen LogP contribution in [-0.4, -0.2) is 18.8 Å². The highest BCUT2D eigenvalue weighted by atomic mass is 32.1. The molecular formula is C11H16F3NS. The highest BCUT2D eigenvalue weighted by Gasteiger charge is 2.29. The third-order valence-corrected chi connectivity index (χ3v) is 3.43. The number of alkyl halides is 3. The first-order valence-corrected chi connectivity index (χ1v) is 6.09. The summed E-state index contributed by atoms with van der Waals surface area (Å²) in [4.78, 5) is 1.24. The first-order chi connectivity index (χ1) is 7.38. The van der Waals surface area contributed by atoms with Crippen LogP contribution >= 0.6 is 11.3 Å². The van der Waals surface area contributed by atoms with Gasteiger partial charge in [-0.05, 0) is 37.3 Å². The number of hydrogen-bond acceptors (Lipinski definition) is 2. The molecule has 1 rings (SSSR count). The molecule has 1 aromatic rings. The largest absolute Gasteiger partial charge is 0.390 e. The summed E-state index contributed by atoms with van der Waals surface area (Å²) in [5.41, 5.74) is 1.22. The minimum atomic E-state index is -4.08. The summed E-state index contributed by atoms with van der Waals surface area (Å²) in [7, 11) is 0. The van der Waals surface area contributed by atoms with Crippen molar-refractivity contribution >= 4 is 11.3 Å². The van der Waals surface area contributed by atoms with Gasteiger partial charge in [-0.25, -0.2) is 0 Å². The van der Waals surface area contributed by atoms with E-state index in [1.54, 1.807) is 18.3 Å². The van der Waals surface area contributed by atoms with E-state index in [0.717, 1.165) is 6.42 Å². The van der Waals surface area contributed by atoms with Gasteiger partial charge >= 0.3 is 6.18 Å². The van der Waals surface area contributed by atoms with Gasteiger partial charge in [-0.15, -0.1) is 11.3 Å². The molecule has 92 valence electrons. The summed E-state index contributed by atoms with van der Waals surface area (Å²) in [5.74, 6) is 0. The molecule has 0 aliphatic carbocycles. The quantitative estimate of drug-likeness (QED) is 0.844. The Morgan fingerprint density at radius 1 is 1.44 bits per heavy atom. The Balaban J connectivity index is 2.23. The predicted octanol–water partition coefficient (Wildman–Crippen LogP) is 3.53. The van der Waals surface area contributed by atoms with Crippen molar-refractivity contribution < 1.29 is 13.2 Å². The van der Waals surface area contributed by atoms with Crippen molar-refractivity contribution in [2.24, 2.45) is 0 Å². The molecule has 0 aliphatic heterocycles. The number of thiophene rings is 1. The highest BCUT2D eigenvalue weighted by Crippen LogP contribution is 2.21. The molecule has 5 heteroatoms. The molecule has 1 heterocycles. The Morgan fingerprint density at radius 3 is 2.62 bits per heavy atom. The molecule has 0 amide bonds. The maximum absolute atomic E-state index is 12.0. The average molecular weight is 251 g/mol. The molecule has 0 radical (unpaired) electrons. The third kappa shape index (κ3) is 4.99. The molecule has 1 nitrogen and oxygen atoms in total. The Kier molecular flexibility index (Phi) is 4.80. The van der Waals surface area contributed by atoms with Crippen molar-refractivity contribution in [3.05, 3.63) is 21.9 Å². The normalized spacial score (nSPS) is 14.1. The van der Waals surface area contributed by atoms with Gasteiger partial charge in [0.15, 0.2) is 0 Å². The van der Waals surface area contributed by atoms with Crippen molar-refractivity contribution in [3.63, 3.8) is 0 Å². The van der Waals surface area contributed by atoms with Crippen molar-refractivity contribution in [1.82, 2.24) is 5.32 Å². The van der Waals surface area contributed by atoms with Crippen molar-refractivity contribution in [1.29, 1.82) is 0 Å².